The summed E-state index contributed by atoms with van der Waals surface area (Å²) in [7, 11) is 2.10. The van der Waals surface area contributed by atoms with Crippen molar-refractivity contribution in [2.24, 2.45) is 0 Å². The summed E-state index contributed by atoms with van der Waals surface area (Å²) in [5.41, 5.74) is 1.17. The van der Waals surface area contributed by atoms with Crippen molar-refractivity contribution < 1.29 is 22.7 Å². The van der Waals surface area contributed by atoms with Crippen molar-refractivity contribution in [1.29, 1.82) is 0 Å². The lowest BCUT2D eigenvalue weighted by molar-refractivity contribution is -0.135. The monoisotopic (exact) mass is 412 g/mol. The molecule has 1 fully saturated rings. The van der Waals surface area contributed by atoms with E-state index in [0.717, 1.165) is 12.2 Å². The molecule has 1 aromatic rings. The SMILES string of the molecule is COCCN(C(=O)CN(C)C(C)Cc1ccc(OC)cc1)C1CCS(=O)(=O)C1. The maximum absolute atomic E-state index is 12.9. The van der Waals surface area contributed by atoms with Crippen LogP contribution in [0.25, 0.3) is 0 Å². The second kappa shape index (κ2) is 10.2. The normalized spacial score (nSPS) is 19.5. The fourth-order valence-corrected chi connectivity index (χ4v) is 5.17. The molecular weight excluding hydrogens is 380 g/mol. The van der Waals surface area contributed by atoms with Crippen molar-refractivity contribution in [1.82, 2.24) is 9.80 Å². The number of hydrogen-bond donors (Lipinski definition) is 0. The smallest absolute Gasteiger partial charge is 0.237 e. The minimum atomic E-state index is -3.05. The molecule has 1 amide bonds. The standard InChI is InChI=1S/C20H32N2O5S/c1-16(13-17-5-7-19(27-4)8-6-17)21(2)14-20(23)22(10-11-26-3)18-9-12-28(24,25)15-18/h5-8,16,18H,9-15H2,1-4H3. The molecule has 0 aromatic heterocycles. The minimum Gasteiger partial charge on any atom is -0.497 e. The van der Waals surface area contributed by atoms with Crippen LogP contribution in [-0.4, -0.2) is 88.7 Å². The summed E-state index contributed by atoms with van der Waals surface area (Å²) in [4.78, 5) is 16.6. The zero-order chi connectivity index (χ0) is 20.7. The lowest BCUT2D eigenvalue weighted by Gasteiger charge is -2.32. The molecule has 2 rings (SSSR count). The number of amides is 1. The number of sulfone groups is 1. The van der Waals surface area contributed by atoms with Gasteiger partial charge in [-0.15, -0.1) is 0 Å². The molecule has 2 atom stereocenters. The molecule has 158 valence electrons. The third kappa shape index (κ3) is 6.46. The van der Waals surface area contributed by atoms with E-state index in [1.54, 1.807) is 19.1 Å². The summed E-state index contributed by atoms with van der Waals surface area (Å²) >= 11 is 0. The molecule has 0 bridgehead atoms. The van der Waals surface area contributed by atoms with Gasteiger partial charge < -0.3 is 14.4 Å². The number of ether oxygens (including phenoxy) is 2. The number of nitrogens with zero attached hydrogens (tertiary/aromatic N) is 2. The molecule has 0 aliphatic carbocycles. The molecule has 1 saturated heterocycles. The van der Waals surface area contributed by atoms with Crippen LogP contribution in [0.2, 0.25) is 0 Å². The maximum Gasteiger partial charge on any atom is 0.237 e. The summed E-state index contributed by atoms with van der Waals surface area (Å²) in [5, 5.41) is 0. The molecule has 8 heteroatoms. The van der Waals surface area contributed by atoms with Crippen LogP contribution in [0.3, 0.4) is 0 Å². The van der Waals surface area contributed by atoms with E-state index in [-0.39, 0.29) is 36.0 Å². The third-order valence-corrected chi connectivity index (χ3v) is 7.08. The Labute approximate surface area is 168 Å². The van der Waals surface area contributed by atoms with Gasteiger partial charge in [0.15, 0.2) is 9.84 Å². The molecule has 1 aromatic carbocycles. The Morgan fingerprint density at radius 3 is 2.46 bits per heavy atom. The Bertz CT molecular complexity index is 735. The van der Waals surface area contributed by atoms with Crippen LogP contribution in [-0.2, 0) is 25.8 Å². The molecule has 7 nitrogen and oxygen atoms in total. The Hall–Kier alpha value is -1.64. The van der Waals surface area contributed by atoms with Gasteiger partial charge in [0.05, 0.1) is 31.8 Å². The molecule has 0 spiro atoms. The van der Waals surface area contributed by atoms with E-state index in [4.69, 9.17) is 9.47 Å². The molecule has 0 radical (unpaired) electrons. The number of benzene rings is 1. The van der Waals surface area contributed by atoms with Crippen molar-refractivity contribution in [3.63, 3.8) is 0 Å². The van der Waals surface area contributed by atoms with Gasteiger partial charge in [-0.1, -0.05) is 12.1 Å². The molecule has 1 heterocycles. The number of hydrogen-bond acceptors (Lipinski definition) is 6. The van der Waals surface area contributed by atoms with Crippen LogP contribution in [0.1, 0.15) is 18.9 Å². The predicted molar refractivity (Wildman–Crippen MR) is 109 cm³/mol. The van der Waals surface area contributed by atoms with Gasteiger partial charge in [-0.3, -0.25) is 9.69 Å². The highest BCUT2D eigenvalue weighted by atomic mass is 32.2. The van der Waals surface area contributed by atoms with Crippen LogP contribution in [0, 0.1) is 0 Å². The minimum absolute atomic E-state index is 0.0492. The van der Waals surface area contributed by atoms with E-state index < -0.39 is 9.84 Å². The second-order valence-electron chi connectivity index (χ2n) is 7.45. The van der Waals surface area contributed by atoms with Gasteiger partial charge in [-0.2, -0.15) is 0 Å². The Balaban J connectivity index is 1.96. The van der Waals surface area contributed by atoms with Crippen molar-refractivity contribution in [3.05, 3.63) is 29.8 Å². The first-order chi connectivity index (χ1) is 13.3. The van der Waals surface area contributed by atoms with Crippen molar-refractivity contribution in [2.75, 3.05) is 52.5 Å². The lowest BCUT2D eigenvalue weighted by Crippen LogP contribution is -2.48. The van der Waals surface area contributed by atoms with Gasteiger partial charge in [0.25, 0.3) is 0 Å². The summed E-state index contributed by atoms with van der Waals surface area (Å²) in [6.07, 6.45) is 1.31. The van der Waals surface area contributed by atoms with E-state index >= 15 is 0 Å². The highest BCUT2D eigenvalue weighted by Gasteiger charge is 2.34. The number of carbonyl (C=O) groups is 1. The van der Waals surface area contributed by atoms with Crippen LogP contribution >= 0.6 is 0 Å². The molecule has 2 unspecified atom stereocenters. The molecule has 0 saturated carbocycles. The van der Waals surface area contributed by atoms with E-state index in [9.17, 15) is 13.2 Å². The van der Waals surface area contributed by atoms with Crippen molar-refractivity contribution in [3.8, 4) is 5.75 Å². The first-order valence-electron chi connectivity index (χ1n) is 9.57. The summed E-state index contributed by atoms with van der Waals surface area (Å²) in [6.45, 7) is 3.14. The first-order valence-corrected chi connectivity index (χ1v) is 11.4. The Kier molecular flexibility index (Phi) is 8.27. The quantitative estimate of drug-likeness (QED) is 0.575. The topological polar surface area (TPSA) is 76.2 Å². The highest BCUT2D eigenvalue weighted by molar-refractivity contribution is 7.91. The zero-order valence-electron chi connectivity index (χ0n) is 17.3. The zero-order valence-corrected chi connectivity index (χ0v) is 18.1. The average Bonchev–Trinajstić information content (AvgIpc) is 3.02. The summed E-state index contributed by atoms with van der Waals surface area (Å²) < 4.78 is 34.0. The number of likely N-dealkylation sites (N-methyl/N-ethyl adjacent to an activating group) is 1. The first kappa shape index (κ1) is 22.6. The number of methoxy groups -OCH3 is 2. The molecular formula is C20H32N2O5S. The fraction of sp³-hybridized carbons (Fsp3) is 0.650. The molecule has 1 aliphatic rings. The van der Waals surface area contributed by atoms with Crippen molar-refractivity contribution in [2.45, 2.75) is 31.8 Å². The number of rotatable bonds is 10. The van der Waals surface area contributed by atoms with Gasteiger partial charge in [0, 0.05) is 25.7 Å². The summed E-state index contributed by atoms with van der Waals surface area (Å²) in [6, 6.07) is 7.82. The highest BCUT2D eigenvalue weighted by Crippen LogP contribution is 2.19. The van der Waals surface area contributed by atoms with Gasteiger partial charge in [-0.05, 0) is 44.5 Å². The van der Waals surface area contributed by atoms with E-state index in [1.165, 1.54) is 5.56 Å². The van der Waals surface area contributed by atoms with E-state index in [0.29, 0.717) is 19.6 Å². The molecule has 28 heavy (non-hydrogen) atoms. The molecule has 0 N–H and O–H groups in total. The van der Waals surface area contributed by atoms with Crippen LogP contribution in [0.4, 0.5) is 0 Å². The lowest BCUT2D eigenvalue weighted by atomic mass is 10.1. The maximum atomic E-state index is 12.9. The predicted octanol–water partition coefficient (Wildman–Crippen LogP) is 1.22. The van der Waals surface area contributed by atoms with E-state index in [1.807, 2.05) is 36.2 Å². The van der Waals surface area contributed by atoms with Crippen LogP contribution < -0.4 is 4.74 Å². The Morgan fingerprint density at radius 1 is 1.25 bits per heavy atom. The number of carbonyl (C=O) groups excluding carboxylic acids is 1. The third-order valence-electron chi connectivity index (χ3n) is 5.33. The van der Waals surface area contributed by atoms with Gasteiger partial charge >= 0.3 is 0 Å². The average molecular weight is 413 g/mol. The van der Waals surface area contributed by atoms with Gasteiger partial charge in [0.2, 0.25) is 5.91 Å². The fourth-order valence-electron chi connectivity index (χ4n) is 3.44. The van der Waals surface area contributed by atoms with Crippen LogP contribution in [0.5, 0.6) is 5.75 Å². The van der Waals surface area contributed by atoms with Gasteiger partial charge in [0.1, 0.15) is 5.75 Å². The largest absolute Gasteiger partial charge is 0.497 e. The van der Waals surface area contributed by atoms with E-state index in [2.05, 4.69) is 6.92 Å². The summed E-state index contributed by atoms with van der Waals surface area (Å²) in [5.74, 6) is 0.967. The molecule has 1 aliphatic heterocycles. The Morgan fingerprint density at radius 2 is 1.93 bits per heavy atom. The van der Waals surface area contributed by atoms with Crippen LogP contribution in [0.15, 0.2) is 24.3 Å². The van der Waals surface area contributed by atoms with Gasteiger partial charge in [-0.25, -0.2) is 8.42 Å². The van der Waals surface area contributed by atoms with Crippen molar-refractivity contribution >= 4 is 15.7 Å². The second-order valence-corrected chi connectivity index (χ2v) is 9.68.